The highest BCUT2D eigenvalue weighted by Crippen LogP contribution is 2.23. The van der Waals surface area contributed by atoms with E-state index in [2.05, 4.69) is 34.5 Å². The average Bonchev–Trinajstić information content (AvgIpc) is 2.71. The predicted molar refractivity (Wildman–Crippen MR) is 105 cm³/mol. The number of nitrogens with one attached hydrogen (secondary N) is 2. The van der Waals surface area contributed by atoms with Crippen LogP contribution in [0.2, 0.25) is 0 Å². The molecule has 0 unspecified atom stereocenters. The summed E-state index contributed by atoms with van der Waals surface area (Å²) in [4.78, 5) is 13.5. The third-order valence-electron chi connectivity index (χ3n) is 4.55. The monoisotopic (exact) mass is 351 g/mol. The molecule has 2 aromatic carbocycles. The van der Waals surface area contributed by atoms with Crippen molar-refractivity contribution in [2.45, 2.75) is 25.8 Å². The first-order valence-electron chi connectivity index (χ1n) is 9.04. The van der Waals surface area contributed by atoms with E-state index in [-0.39, 0.29) is 0 Å². The fraction of sp³-hybridized carbons (Fsp3) is 0.286. The zero-order valence-corrected chi connectivity index (χ0v) is 14.8. The fourth-order valence-corrected chi connectivity index (χ4v) is 3.18. The summed E-state index contributed by atoms with van der Waals surface area (Å²) in [6.07, 6.45) is 6.85. The van der Waals surface area contributed by atoms with E-state index in [1.54, 1.807) is 11.6 Å². The average molecular weight is 351 g/mol. The molecule has 2 aromatic rings. The number of anilines is 2. The van der Waals surface area contributed by atoms with Crippen molar-refractivity contribution >= 4 is 23.4 Å². The lowest BCUT2D eigenvalue weighted by Crippen LogP contribution is -2.29. The van der Waals surface area contributed by atoms with Crippen molar-refractivity contribution in [3.63, 3.8) is 0 Å². The molecule has 3 rings (SSSR count). The van der Waals surface area contributed by atoms with Gasteiger partial charge in [0.15, 0.2) is 0 Å². The third kappa shape index (κ3) is 5.10. The van der Waals surface area contributed by atoms with Crippen molar-refractivity contribution in [3.05, 3.63) is 65.7 Å². The van der Waals surface area contributed by atoms with Crippen LogP contribution in [0.5, 0.6) is 0 Å². The highest BCUT2D eigenvalue weighted by molar-refractivity contribution is 5.90. The molecule has 1 aliphatic heterocycles. The summed E-state index contributed by atoms with van der Waals surface area (Å²) in [5, 5.41) is 12.0. The Labute approximate surface area is 154 Å². The number of piperidine rings is 1. The highest BCUT2D eigenvalue weighted by Gasteiger charge is 2.10. The lowest BCUT2D eigenvalue weighted by atomic mass is 10.1. The maximum absolute atomic E-state index is 11.1. The van der Waals surface area contributed by atoms with Gasteiger partial charge < -0.3 is 10.2 Å². The molecule has 0 radical (unpaired) electrons. The van der Waals surface area contributed by atoms with Gasteiger partial charge in [-0.15, -0.1) is 0 Å². The van der Waals surface area contributed by atoms with Crippen molar-refractivity contribution in [2.75, 3.05) is 23.3 Å². The molecule has 26 heavy (non-hydrogen) atoms. The molecule has 136 valence electrons. The lowest BCUT2D eigenvalue weighted by Gasteiger charge is -2.29. The first-order valence-corrected chi connectivity index (χ1v) is 9.04. The third-order valence-corrected chi connectivity index (χ3v) is 4.55. The van der Waals surface area contributed by atoms with E-state index in [4.69, 9.17) is 5.21 Å². The Morgan fingerprint density at radius 3 is 2.69 bits per heavy atom. The van der Waals surface area contributed by atoms with Crippen LogP contribution in [-0.4, -0.2) is 24.2 Å². The van der Waals surface area contributed by atoms with Crippen LogP contribution in [0.4, 0.5) is 11.4 Å². The second kappa shape index (κ2) is 9.06. The van der Waals surface area contributed by atoms with Crippen LogP contribution in [0.3, 0.4) is 0 Å². The first-order chi connectivity index (χ1) is 12.7. The number of amides is 1. The molecule has 1 amide bonds. The Morgan fingerprint density at radius 1 is 1.08 bits per heavy atom. The van der Waals surface area contributed by atoms with Gasteiger partial charge in [-0.2, -0.15) is 0 Å². The topological polar surface area (TPSA) is 64.6 Å². The van der Waals surface area contributed by atoms with Crippen LogP contribution in [0, 0.1) is 0 Å². The van der Waals surface area contributed by atoms with Gasteiger partial charge in [-0.05, 0) is 60.7 Å². The Balaban J connectivity index is 1.62. The number of carbonyl (C=O) groups excluding carboxylic acids is 1. The van der Waals surface area contributed by atoms with Gasteiger partial charge in [0.25, 0.3) is 5.91 Å². The first kappa shape index (κ1) is 18.0. The van der Waals surface area contributed by atoms with Gasteiger partial charge in [-0.1, -0.05) is 24.3 Å². The second-order valence-corrected chi connectivity index (χ2v) is 6.51. The van der Waals surface area contributed by atoms with Crippen molar-refractivity contribution in [1.29, 1.82) is 0 Å². The zero-order chi connectivity index (χ0) is 18.2. The molecule has 0 aliphatic carbocycles. The molecule has 5 heteroatoms. The minimum atomic E-state index is -0.539. The van der Waals surface area contributed by atoms with Crippen LogP contribution in [0.1, 0.15) is 30.4 Å². The van der Waals surface area contributed by atoms with E-state index in [0.717, 1.165) is 29.9 Å². The van der Waals surface area contributed by atoms with Crippen molar-refractivity contribution in [2.24, 2.45) is 0 Å². The Hall–Kier alpha value is -2.79. The van der Waals surface area contributed by atoms with Crippen LogP contribution in [0.25, 0.3) is 6.08 Å². The quantitative estimate of drug-likeness (QED) is 0.421. The van der Waals surface area contributed by atoms with E-state index < -0.39 is 5.91 Å². The van der Waals surface area contributed by atoms with Gasteiger partial charge in [0.2, 0.25) is 0 Å². The molecule has 3 N–H and O–H groups in total. The molecule has 1 aliphatic rings. The van der Waals surface area contributed by atoms with Crippen molar-refractivity contribution in [1.82, 2.24) is 5.48 Å². The van der Waals surface area contributed by atoms with Crippen LogP contribution >= 0.6 is 0 Å². The summed E-state index contributed by atoms with van der Waals surface area (Å²) in [6.45, 7) is 2.98. The SMILES string of the molecule is O=C(/C=C/c1cccc(CNc2cccc(N3CCCCC3)c2)c1)NO. The number of hydrogen-bond donors (Lipinski definition) is 3. The van der Waals surface area contributed by atoms with E-state index in [1.807, 2.05) is 24.3 Å². The summed E-state index contributed by atoms with van der Waals surface area (Å²) in [6, 6.07) is 16.5. The molecule has 0 aromatic heterocycles. The number of hydrogen-bond acceptors (Lipinski definition) is 4. The number of rotatable bonds is 6. The molecular weight excluding hydrogens is 326 g/mol. The van der Waals surface area contributed by atoms with Crippen LogP contribution in [-0.2, 0) is 11.3 Å². The summed E-state index contributed by atoms with van der Waals surface area (Å²) in [5.41, 5.74) is 6.01. The van der Waals surface area contributed by atoms with E-state index >= 15 is 0 Å². The number of nitrogens with zero attached hydrogens (tertiary/aromatic N) is 1. The molecule has 0 bridgehead atoms. The molecule has 1 fully saturated rings. The standard InChI is InChI=1S/C21H25N3O2/c25-21(23-26)11-10-17-6-4-7-18(14-17)16-22-19-8-5-9-20(15-19)24-12-2-1-3-13-24/h4-11,14-15,22,26H,1-3,12-13,16H2,(H,23,25)/b11-10+. The number of hydroxylamine groups is 1. The summed E-state index contributed by atoms with van der Waals surface area (Å²) in [5.74, 6) is -0.539. The number of carbonyl (C=O) groups is 1. The smallest absolute Gasteiger partial charge is 0.267 e. The molecule has 5 nitrogen and oxygen atoms in total. The maximum Gasteiger partial charge on any atom is 0.267 e. The molecular formula is C21H25N3O2. The van der Waals surface area contributed by atoms with Gasteiger partial charge in [0, 0.05) is 37.1 Å². The fourth-order valence-electron chi connectivity index (χ4n) is 3.18. The molecule has 0 atom stereocenters. The van der Waals surface area contributed by atoms with Gasteiger partial charge in [0.1, 0.15) is 0 Å². The Bertz CT molecular complexity index is 767. The molecule has 1 saturated heterocycles. The van der Waals surface area contributed by atoms with Crippen molar-refractivity contribution < 1.29 is 10.0 Å². The van der Waals surface area contributed by atoms with E-state index in [0.29, 0.717) is 6.54 Å². The molecule has 0 saturated carbocycles. The van der Waals surface area contributed by atoms with Gasteiger partial charge in [-0.25, -0.2) is 5.48 Å². The highest BCUT2D eigenvalue weighted by atomic mass is 16.5. The summed E-state index contributed by atoms with van der Waals surface area (Å²) in [7, 11) is 0. The minimum absolute atomic E-state index is 0.539. The molecule has 0 spiro atoms. The minimum Gasteiger partial charge on any atom is -0.381 e. The van der Waals surface area contributed by atoms with Gasteiger partial charge >= 0.3 is 0 Å². The van der Waals surface area contributed by atoms with Crippen molar-refractivity contribution in [3.8, 4) is 0 Å². The van der Waals surface area contributed by atoms with E-state index in [1.165, 1.54) is 31.0 Å². The van der Waals surface area contributed by atoms with Gasteiger partial charge in [0.05, 0.1) is 0 Å². The second-order valence-electron chi connectivity index (χ2n) is 6.51. The van der Waals surface area contributed by atoms with Gasteiger partial charge in [-0.3, -0.25) is 10.0 Å². The van der Waals surface area contributed by atoms with Crippen LogP contribution in [0.15, 0.2) is 54.6 Å². The normalized spacial score (nSPS) is 14.4. The number of benzene rings is 2. The molecule has 1 heterocycles. The predicted octanol–water partition coefficient (Wildman–Crippen LogP) is 3.81. The summed E-state index contributed by atoms with van der Waals surface area (Å²) < 4.78 is 0. The summed E-state index contributed by atoms with van der Waals surface area (Å²) >= 11 is 0. The maximum atomic E-state index is 11.1. The largest absolute Gasteiger partial charge is 0.381 e. The zero-order valence-electron chi connectivity index (χ0n) is 14.8. The Kier molecular flexibility index (Phi) is 6.28. The lowest BCUT2D eigenvalue weighted by molar-refractivity contribution is -0.124. The van der Waals surface area contributed by atoms with Crippen LogP contribution < -0.4 is 15.7 Å². The van der Waals surface area contributed by atoms with E-state index in [9.17, 15) is 4.79 Å². The Morgan fingerprint density at radius 2 is 1.88 bits per heavy atom.